The van der Waals surface area contributed by atoms with Crippen LogP contribution in [0.1, 0.15) is 39.0 Å². The quantitative estimate of drug-likeness (QED) is 0.746. The van der Waals surface area contributed by atoms with Crippen LogP contribution in [0.2, 0.25) is 0 Å². The maximum absolute atomic E-state index is 5.28. The van der Waals surface area contributed by atoms with Crippen LogP contribution < -0.4 is 5.32 Å². The Morgan fingerprint density at radius 3 is 2.75 bits per heavy atom. The fraction of sp³-hybridized carbons (Fsp3) is 0.600. The first kappa shape index (κ1) is 9.33. The van der Waals surface area contributed by atoms with Gasteiger partial charge in [0.25, 0.3) is 0 Å². The van der Waals surface area contributed by atoms with Crippen molar-refractivity contribution < 1.29 is 4.42 Å². The molecule has 2 nitrogen and oxygen atoms in total. The Morgan fingerprint density at radius 1 is 1.50 bits per heavy atom. The highest BCUT2D eigenvalue weighted by atomic mass is 16.3. The van der Waals surface area contributed by atoms with Gasteiger partial charge in [0.1, 0.15) is 5.76 Å². The van der Waals surface area contributed by atoms with Gasteiger partial charge in [-0.25, -0.2) is 0 Å². The number of hydrogen-bond acceptors (Lipinski definition) is 2. The monoisotopic (exact) mass is 167 g/mol. The van der Waals surface area contributed by atoms with Crippen LogP contribution in [-0.2, 0) is 0 Å². The smallest absolute Gasteiger partial charge is 0.120 e. The van der Waals surface area contributed by atoms with Crippen molar-refractivity contribution in [3.8, 4) is 0 Å². The first-order chi connectivity index (χ1) is 5.74. The molecule has 0 fully saturated rings. The van der Waals surface area contributed by atoms with Crippen LogP contribution in [-0.4, -0.2) is 6.04 Å². The van der Waals surface area contributed by atoms with Crippen LogP contribution in [0.4, 0.5) is 0 Å². The minimum absolute atomic E-state index is 0.315. The molecule has 2 unspecified atom stereocenters. The van der Waals surface area contributed by atoms with Crippen molar-refractivity contribution in [2.45, 2.75) is 39.3 Å². The van der Waals surface area contributed by atoms with Crippen molar-refractivity contribution in [2.24, 2.45) is 0 Å². The van der Waals surface area contributed by atoms with Gasteiger partial charge < -0.3 is 9.73 Å². The fourth-order valence-corrected chi connectivity index (χ4v) is 1.16. The zero-order valence-corrected chi connectivity index (χ0v) is 8.00. The van der Waals surface area contributed by atoms with Crippen molar-refractivity contribution >= 4 is 0 Å². The lowest BCUT2D eigenvalue weighted by molar-refractivity contribution is 0.394. The molecule has 0 spiro atoms. The molecule has 1 rings (SSSR count). The van der Waals surface area contributed by atoms with Gasteiger partial charge in [0, 0.05) is 6.04 Å². The number of rotatable bonds is 4. The first-order valence-corrected chi connectivity index (χ1v) is 4.53. The Labute approximate surface area is 74.0 Å². The number of hydrogen-bond donors (Lipinski definition) is 1. The van der Waals surface area contributed by atoms with E-state index in [4.69, 9.17) is 4.42 Å². The Hall–Kier alpha value is -0.760. The largest absolute Gasteiger partial charge is 0.468 e. The molecule has 2 heteroatoms. The average Bonchev–Trinajstić information content (AvgIpc) is 2.56. The van der Waals surface area contributed by atoms with Gasteiger partial charge in [-0.2, -0.15) is 0 Å². The molecular weight excluding hydrogens is 150 g/mol. The van der Waals surface area contributed by atoms with Gasteiger partial charge in [0.2, 0.25) is 0 Å². The molecule has 1 aromatic heterocycles. The van der Waals surface area contributed by atoms with Gasteiger partial charge in [-0.3, -0.25) is 0 Å². The van der Waals surface area contributed by atoms with Crippen molar-refractivity contribution in [1.82, 2.24) is 5.32 Å². The summed E-state index contributed by atoms with van der Waals surface area (Å²) >= 11 is 0. The van der Waals surface area contributed by atoms with Crippen LogP contribution in [0.5, 0.6) is 0 Å². The second-order valence-electron chi connectivity index (χ2n) is 3.21. The second-order valence-corrected chi connectivity index (χ2v) is 3.21. The van der Waals surface area contributed by atoms with Gasteiger partial charge in [-0.15, -0.1) is 0 Å². The minimum atomic E-state index is 0.315. The normalized spacial score (nSPS) is 15.9. The second kappa shape index (κ2) is 4.31. The van der Waals surface area contributed by atoms with Crippen LogP contribution >= 0.6 is 0 Å². The topological polar surface area (TPSA) is 25.2 Å². The zero-order chi connectivity index (χ0) is 8.97. The Kier molecular flexibility index (Phi) is 3.35. The molecule has 0 radical (unpaired) electrons. The van der Waals surface area contributed by atoms with Crippen molar-refractivity contribution in [1.29, 1.82) is 0 Å². The lowest BCUT2D eigenvalue weighted by atomic mass is 10.2. The van der Waals surface area contributed by atoms with Crippen molar-refractivity contribution in [3.63, 3.8) is 0 Å². The van der Waals surface area contributed by atoms with Gasteiger partial charge in [0.05, 0.1) is 12.3 Å². The van der Waals surface area contributed by atoms with E-state index in [2.05, 4.69) is 26.1 Å². The summed E-state index contributed by atoms with van der Waals surface area (Å²) in [7, 11) is 0. The van der Waals surface area contributed by atoms with Crippen LogP contribution in [0, 0.1) is 0 Å². The van der Waals surface area contributed by atoms with E-state index in [1.165, 1.54) is 0 Å². The summed E-state index contributed by atoms with van der Waals surface area (Å²) in [5.41, 5.74) is 0. The third-order valence-electron chi connectivity index (χ3n) is 2.12. The maximum atomic E-state index is 5.28. The zero-order valence-electron chi connectivity index (χ0n) is 8.00. The van der Waals surface area contributed by atoms with Crippen LogP contribution in [0.15, 0.2) is 22.8 Å². The summed E-state index contributed by atoms with van der Waals surface area (Å²) in [4.78, 5) is 0. The molecule has 0 aliphatic carbocycles. The molecule has 0 bridgehead atoms. The Bertz CT molecular complexity index is 206. The van der Waals surface area contributed by atoms with Crippen molar-refractivity contribution in [3.05, 3.63) is 24.2 Å². The predicted molar refractivity (Wildman–Crippen MR) is 50.0 cm³/mol. The minimum Gasteiger partial charge on any atom is -0.468 e. The van der Waals surface area contributed by atoms with E-state index in [0.717, 1.165) is 12.2 Å². The van der Waals surface area contributed by atoms with E-state index in [1.807, 2.05) is 12.1 Å². The number of nitrogens with one attached hydrogen (secondary N) is 1. The molecule has 0 aliphatic heterocycles. The van der Waals surface area contributed by atoms with Gasteiger partial charge in [-0.05, 0) is 32.4 Å². The molecule has 1 aromatic rings. The highest BCUT2D eigenvalue weighted by molar-refractivity contribution is 5.03. The average molecular weight is 167 g/mol. The van der Waals surface area contributed by atoms with E-state index >= 15 is 0 Å². The molecule has 68 valence electrons. The third kappa shape index (κ3) is 2.38. The highest BCUT2D eigenvalue weighted by Crippen LogP contribution is 2.13. The van der Waals surface area contributed by atoms with Gasteiger partial charge in [0.15, 0.2) is 0 Å². The van der Waals surface area contributed by atoms with Crippen molar-refractivity contribution in [2.75, 3.05) is 0 Å². The summed E-state index contributed by atoms with van der Waals surface area (Å²) in [6, 6.07) is 4.78. The Balaban J connectivity index is 2.44. The highest BCUT2D eigenvalue weighted by Gasteiger charge is 2.09. The lowest BCUT2D eigenvalue weighted by Gasteiger charge is -2.16. The van der Waals surface area contributed by atoms with Crippen LogP contribution in [0.3, 0.4) is 0 Å². The first-order valence-electron chi connectivity index (χ1n) is 4.53. The summed E-state index contributed by atoms with van der Waals surface area (Å²) < 4.78 is 5.28. The molecule has 0 saturated carbocycles. The summed E-state index contributed by atoms with van der Waals surface area (Å²) in [5, 5.41) is 3.44. The molecule has 0 aliphatic rings. The predicted octanol–water partition coefficient (Wildman–Crippen LogP) is 2.73. The molecule has 1 heterocycles. The molecule has 0 saturated heterocycles. The maximum Gasteiger partial charge on any atom is 0.120 e. The van der Waals surface area contributed by atoms with E-state index in [-0.39, 0.29) is 0 Å². The Morgan fingerprint density at radius 2 is 2.25 bits per heavy atom. The SMILES string of the molecule is CCC(C)NC(C)c1ccco1. The molecule has 0 amide bonds. The number of furan rings is 1. The summed E-state index contributed by atoms with van der Waals surface area (Å²) in [5.74, 6) is 1.01. The molecule has 0 aromatic carbocycles. The van der Waals surface area contributed by atoms with Crippen LogP contribution in [0.25, 0.3) is 0 Å². The van der Waals surface area contributed by atoms with Gasteiger partial charge >= 0.3 is 0 Å². The fourth-order valence-electron chi connectivity index (χ4n) is 1.16. The van der Waals surface area contributed by atoms with E-state index in [0.29, 0.717) is 12.1 Å². The standard InChI is InChI=1S/C10H17NO/c1-4-8(2)11-9(3)10-6-5-7-12-10/h5-9,11H,4H2,1-3H3. The molecule has 1 N–H and O–H groups in total. The molecular formula is C10H17NO. The van der Waals surface area contributed by atoms with E-state index in [1.54, 1.807) is 6.26 Å². The van der Waals surface area contributed by atoms with E-state index < -0.39 is 0 Å². The summed E-state index contributed by atoms with van der Waals surface area (Å²) in [6.45, 7) is 6.47. The van der Waals surface area contributed by atoms with Gasteiger partial charge in [-0.1, -0.05) is 6.92 Å². The lowest BCUT2D eigenvalue weighted by Crippen LogP contribution is -2.27. The molecule has 12 heavy (non-hydrogen) atoms. The summed E-state index contributed by atoms with van der Waals surface area (Å²) in [6.07, 6.45) is 2.86. The molecule has 2 atom stereocenters. The van der Waals surface area contributed by atoms with E-state index in [9.17, 15) is 0 Å². The third-order valence-corrected chi connectivity index (χ3v) is 2.12.